The lowest BCUT2D eigenvalue weighted by molar-refractivity contribution is -0.892. The van der Waals surface area contributed by atoms with Crippen LogP contribution in [0, 0.1) is 10.1 Å². The zero-order valence-electron chi connectivity index (χ0n) is 16.0. The number of rotatable bonds is 6. The van der Waals surface area contributed by atoms with Gasteiger partial charge in [0.1, 0.15) is 0 Å². The molecule has 9 heteroatoms. The van der Waals surface area contributed by atoms with Gasteiger partial charge < -0.3 is 15.1 Å². The number of nitro groups is 1. The third kappa shape index (κ3) is 5.30. The second kappa shape index (κ2) is 9.02. The lowest BCUT2D eigenvalue weighted by Crippen LogP contribution is -3.15. The summed E-state index contributed by atoms with van der Waals surface area (Å²) < 4.78 is 0. The molecule has 0 atom stereocenters. The molecule has 1 amide bonds. The van der Waals surface area contributed by atoms with Crippen LogP contribution < -0.4 is 15.1 Å². The van der Waals surface area contributed by atoms with E-state index in [-0.39, 0.29) is 34.6 Å². The number of non-ortho nitro benzene ring substituents is 1. The van der Waals surface area contributed by atoms with Crippen LogP contribution in [0.4, 0.5) is 17.1 Å². The summed E-state index contributed by atoms with van der Waals surface area (Å²) in [6.45, 7) is 4.95. The van der Waals surface area contributed by atoms with Gasteiger partial charge in [0.25, 0.3) is 11.6 Å². The smallest absolute Gasteiger partial charge is 0.279 e. The third-order valence-corrected chi connectivity index (χ3v) is 5.28. The molecule has 2 N–H and O–H groups in total. The van der Waals surface area contributed by atoms with Crippen molar-refractivity contribution in [2.45, 2.75) is 6.92 Å². The van der Waals surface area contributed by atoms with Crippen LogP contribution >= 0.6 is 11.6 Å². The van der Waals surface area contributed by atoms with Crippen molar-refractivity contribution in [1.82, 2.24) is 0 Å². The quantitative estimate of drug-likeness (QED) is 0.424. The molecule has 1 saturated heterocycles. The Morgan fingerprint density at radius 3 is 2.41 bits per heavy atom. The van der Waals surface area contributed by atoms with Gasteiger partial charge in [-0.05, 0) is 37.3 Å². The number of carbonyl (C=O) groups excluding carboxylic acids is 2. The molecule has 0 saturated carbocycles. The van der Waals surface area contributed by atoms with Crippen molar-refractivity contribution in [2.75, 3.05) is 42.9 Å². The van der Waals surface area contributed by atoms with Crippen LogP contribution in [0.3, 0.4) is 0 Å². The number of nitrogens with zero attached hydrogens (tertiary/aromatic N) is 2. The topological polar surface area (TPSA) is 97.0 Å². The highest BCUT2D eigenvalue weighted by Gasteiger charge is 2.23. The molecule has 1 aliphatic rings. The Bertz CT molecular complexity index is 925. The van der Waals surface area contributed by atoms with E-state index in [4.69, 9.17) is 11.6 Å². The molecule has 152 valence electrons. The van der Waals surface area contributed by atoms with Crippen LogP contribution in [0.25, 0.3) is 0 Å². The van der Waals surface area contributed by atoms with Gasteiger partial charge in [0.15, 0.2) is 12.3 Å². The normalized spacial score (nSPS) is 14.5. The Labute approximate surface area is 173 Å². The van der Waals surface area contributed by atoms with Crippen molar-refractivity contribution in [2.24, 2.45) is 0 Å². The molecule has 0 spiro atoms. The number of Topliss-reactive ketones (excluding diaryl/α,β-unsaturated/α-hetero) is 1. The van der Waals surface area contributed by atoms with Gasteiger partial charge in [-0.15, -0.1) is 0 Å². The Hall–Kier alpha value is -2.97. The first-order chi connectivity index (χ1) is 13.8. The van der Waals surface area contributed by atoms with Crippen molar-refractivity contribution in [3.8, 4) is 0 Å². The number of hydrogen-bond donors (Lipinski definition) is 2. The maximum Gasteiger partial charge on any atom is 0.279 e. The van der Waals surface area contributed by atoms with Gasteiger partial charge in [0.2, 0.25) is 0 Å². The standard InChI is InChI=1S/C20H21ClN4O4/c1-14(26)15-2-4-16(5-3-15)24-10-8-23(9-11-24)13-20(27)22-19-12-17(25(28)29)6-7-18(19)21/h2-7,12H,8-11,13H2,1H3,(H,22,27)/p+1. The Kier molecular flexibility index (Phi) is 6.46. The van der Waals surface area contributed by atoms with E-state index in [1.807, 2.05) is 24.3 Å². The first-order valence-electron chi connectivity index (χ1n) is 9.27. The number of nitro benzene ring substituents is 1. The number of ketones is 1. The predicted molar refractivity (Wildman–Crippen MR) is 111 cm³/mol. The van der Waals surface area contributed by atoms with Crippen LogP contribution in [0.5, 0.6) is 0 Å². The highest BCUT2D eigenvalue weighted by molar-refractivity contribution is 6.33. The molecule has 0 aromatic heterocycles. The molecule has 2 aromatic carbocycles. The van der Waals surface area contributed by atoms with Crippen LogP contribution in [0.1, 0.15) is 17.3 Å². The van der Waals surface area contributed by atoms with E-state index in [9.17, 15) is 19.7 Å². The highest BCUT2D eigenvalue weighted by Crippen LogP contribution is 2.26. The zero-order valence-corrected chi connectivity index (χ0v) is 16.7. The van der Waals surface area contributed by atoms with E-state index < -0.39 is 4.92 Å². The predicted octanol–water partition coefficient (Wildman–Crippen LogP) is 1.79. The minimum Gasteiger partial charge on any atom is -0.360 e. The van der Waals surface area contributed by atoms with E-state index in [2.05, 4.69) is 10.2 Å². The minimum absolute atomic E-state index is 0.0423. The second-order valence-corrected chi connectivity index (χ2v) is 7.39. The summed E-state index contributed by atoms with van der Waals surface area (Å²) in [6, 6.07) is 11.5. The molecule has 1 heterocycles. The maximum absolute atomic E-state index is 12.4. The molecule has 2 aromatic rings. The number of quaternary nitrogens is 1. The van der Waals surface area contributed by atoms with E-state index in [1.165, 1.54) is 18.2 Å². The van der Waals surface area contributed by atoms with Gasteiger partial charge >= 0.3 is 0 Å². The van der Waals surface area contributed by atoms with Gasteiger partial charge in [0, 0.05) is 23.4 Å². The molecule has 0 bridgehead atoms. The van der Waals surface area contributed by atoms with Crippen molar-refractivity contribution >= 4 is 40.4 Å². The number of halogens is 1. The molecule has 8 nitrogen and oxygen atoms in total. The van der Waals surface area contributed by atoms with Crippen molar-refractivity contribution < 1.29 is 19.4 Å². The largest absolute Gasteiger partial charge is 0.360 e. The van der Waals surface area contributed by atoms with Crippen LogP contribution in [0.15, 0.2) is 42.5 Å². The number of amides is 1. The number of benzene rings is 2. The van der Waals surface area contributed by atoms with Crippen molar-refractivity contribution in [1.29, 1.82) is 0 Å². The highest BCUT2D eigenvalue weighted by atomic mass is 35.5. The van der Waals surface area contributed by atoms with Gasteiger partial charge in [-0.3, -0.25) is 19.7 Å². The van der Waals surface area contributed by atoms with E-state index >= 15 is 0 Å². The summed E-state index contributed by atoms with van der Waals surface area (Å²) in [7, 11) is 0. The first-order valence-corrected chi connectivity index (χ1v) is 9.64. The Morgan fingerprint density at radius 2 is 1.83 bits per heavy atom. The lowest BCUT2D eigenvalue weighted by atomic mass is 10.1. The SMILES string of the molecule is CC(=O)c1ccc(N2CC[NH+](CC(=O)Nc3cc([N+](=O)[O-])ccc3Cl)CC2)cc1. The average Bonchev–Trinajstić information content (AvgIpc) is 2.70. The molecule has 1 aliphatic heterocycles. The van der Waals surface area contributed by atoms with Gasteiger partial charge in [-0.2, -0.15) is 0 Å². The van der Waals surface area contributed by atoms with Crippen molar-refractivity contribution in [3.63, 3.8) is 0 Å². The number of carbonyl (C=O) groups is 2. The fourth-order valence-electron chi connectivity index (χ4n) is 3.31. The Balaban J connectivity index is 1.53. The fraction of sp³-hybridized carbons (Fsp3) is 0.300. The second-order valence-electron chi connectivity index (χ2n) is 6.99. The molecule has 0 radical (unpaired) electrons. The number of nitrogens with one attached hydrogen (secondary N) is 2. The summed E-state index contributed by atoms with van der Waals surface area (Å²) in [6.07, 6.45) is 0. The number of piperazine rings is 1. The molecule has 0 unspecified atom stereocenters. The van der Waals surface area contributed by atoms with Crippen molar-refractivity contribution in [3.05, 3.63) is 63.2 Å². The van der Waals surface area contributed by atoms with Crippen LogP contribution in [0.2, 0.25) is 5.02 Å². The monoisotopic (exact) mass is 417 g/mol. The van der Waals surface area contributed by atoms with Crippen LogP contribution in [-0.4, -0.2) is 49.3 Å². The minimum atomic E-state index is -0.528. The summed E-state index contributed by atoms with van der Waals surface area (Å²) in [4.78, 5) is 37.5. The van der Waals surface area contributed by atoms with E-state index in [0.29, 0.717) is 5.56 Å². The molecule has 1 fully saturated rings. The number of hydrogen-bond acceptors (Lipinski definition) is 5. The van der Waals surface area contributed by atoms with Crippen LogP contribution in [-0.2, 0) is 4.79 Å². The van der Waals surface area contributed by atoms with E-state index in [0.717, 1.165) is 36.8 Å². The number of anilines is 2. The van der Waals surface area contributed by atoms with Gasteiger partial charge in [0.05, 0.1) is 41.8 Å². The third-order valence-electron chi connectivity index (χ3n) is 4.95. The Morgan fingerprint density at radius 1 is 1.17 bits per heavy atom. The maximum atomic E-state index is 12.4. The first kappa shape index (κ1) is 20.8. The zero-order chi connectivity index (χ0) is 21.0. The molecule has 29 heavy (non-hydrogen) atoms. The summed E-state index contributed by atoms with van der Waals surface area (Å²) in [5.74, 6) is -0.192. The summed E-state index contributed by atoms with van der Waals surface area (Å²) in [5.41, 5.74) is 1.87. The van der Waals surface area contributed by atoms with Gasteiger partial charge in [-0.1, -0.05) is 11.6 Å². The molecule has 0 aliphatic carbocycles. The average molecular weight is 418 g/mol. The molecular weight excluding hydrogens is 396 g/mol. The van der Waals surface area contributed by atoms with Gasteiger partial charge in [-0.25, -0.2) is 0 Å². The van der Waals surface area contributed by atoms with E-state index in [1.54, 1.807) is 6.92 Å². The molecule has 3 rings (SSSR count). The summed E-state index contributed by atoms with van der Waals surface area (Å²) >= 11 is 6.03. The fourth-order valence-corrected chi connectivity index (χ4v) is 3.47. The summed E-state index contributed by atoms with van der Waals surface area (Å²) in [5, 5.41) is 13.8. The molecular formula is C20H22ClN4O4+. The lowest BCUT2D eigenvalue weighted by Gasteiger charge is -2.33.